The molecule has 2 saturated carbocycles. The third-order valence-corrected chi connectivity index (χ3v) is 4.83. The number of furan rings is 1. The molecule has 110 valence electrons. The molecule has 2 aliphatic carbocycles. The van der Waals surface area contributed by atoms with Crippen molar-refractivity contribution in [3.63, 3.8) is 0 Å². The van der Waals surface area contributed by atoms with Gasteiger partial charge >= 0.3 is 0 Å². The minimum absolute atomic E-state index is 0.139. The normalized spacial score (nSPS) is 30.7. The van der Waals surface area contributed by atoms with Crippen molar-refractivity contribution in [2.24, 2.45) is 11.3 Å². The molecule has 21 heavy (non-hydrogen) atoms. The number of nitrogens with zero attached hydrogens (tertiary/aromatic N) is 3. The van der Waals surface area contributed by atoms with E-state index in [0.29, 0.717) is 17.9 Å². The van der Waals surface area contributed by atoms with Crippen molar-refractivity contribution in [2.75, 3.05) is 0 Å². The Balaban J connectivity index is 1.23. The van der Waals surface area contributed by atoms with Crippen molar-refractivity contribution in [3.05, 3.63) is 30.0 Å². The SMILES string of the molecule is O=C(NCc1ccco1)C1CC2(C1)CC(c1nn[nH]n1)C2. The molecule has 0 unspecified atom stereocenters. The molecule has 2 aromatic rings. The van der Waals surface area contributed by atoms with Crippen LogP contribution >= 0.6 is 0 Å². The Morgan fingerprint density at radius 3 is 2.95 bits per heavy atom. The van der Waals surface area contributed by atoms with E-state index >= 15 is 0 Å². The highest BCUT2D eigenvalue weighted by molar-refractivity contribution is 5.79. The Labute approximate surface area is 121 Å². The van der Waals surface area contributed by atoms with E-state index in [2.05, 4.69) is 25.9 Å². The first-order chi connectivity index (χ1) is 10.2. The van der Waals surface area contributed by atoms with Crippen LogP contribution in [0.5, 0.6) is 0 Å². The van der Waals surface area contributed by atoms with E-state index in [1.807, 2.05) is 12.1 Å². The van der Waals surface area contributed by atoms with Crippen molar-refractivity contribution in [3.8, 4) is 0 Å². The maximum Gasteiger partial charge on any atom is 0.223 e. The molecule has 0 radical (unpaired) electrons. The van der Waals surface area contributed by atoms with E-state index in [1.54, 1.807) is 6.26 Å². The van der Waals surface area contributed by atoms with E-state index in [1.165, 1.54) is 0 Å². The highest BCUT2D eigenvalue weighted by Crippen LogP contribution is 2.63. The molecule has 4 rings (SSSR count). The van der Waals surface area contributed by atoms with Crippen LogP contribution in [0.3, 0.4) is 0 Å². The van der Waals surface area contributed by atoms with E-state index < -0.39 is 0 Å². The predicted octanol–water partition coefficient (Wildman–Crippen LogP) is 1.38. The van der Waals surface area contributed by atoms with Gasteiger partial charge < -0.3 is 9.73 Å². The van der Waals surface area contributed by atoms with Gasteiger partial charge in [-0.05, 0) is 43.2 Å². The summed E-state index contributed by atoms with van der Waals surface area (Å²) in [6.45, 7) is 0.473. The van der Waals surface area contributed by atoms with Crippen LogP contribution in [0.25, 0.3) is 0 Å². The molecule has 7 nitrogen and oxygen atoms in total. The van der Waals surface area contributed by atoms with Gasteiger partial charge in [0.1, 0.15) is 5.76 Å². The van der Waals surface area contributed by atoms with Gasteiger partial charge in [-0.2, -0.15) is 5.21 Å². The highest BCUT2D eigenvalue weighted by atomic mass is 16.3. The Morgan fingerprint density at radius 2 is 2.29 bits per heavy atom. The number of H-pyrrole nitrogens is 1. The topological polar surface area (TPSA) is 96.7 Å². The number of aromatic amines is 1. The maximum atomic E-state index is 12.1. The van der Waals surface area contributed by atoms with Crippen molar-refractivity contribution in [1.29, 1.82) is 0 Å². The van der Waals surface area contributed by atoms with E-state index in [9.17, 15) is 4.79 Å². The van der Waals surface area contributed by atoms with Gasteiger partial charge in [-0.3, -0.25) is 4.79 Å². The van der Waals surface area contributed by atoms with Gasteiger partial charge in [0.25, 0.3) is 0 Å². The summed E-state index contributed by atoms with van der Waals surface area (Å²) in [5, 5.41) is 17.1. The number of amides is 1. The predicted molar refractivity (Wildman–Crippen MR) is 71.9 cm³/mol. The summed E-state index contributed by atoms with van der Waals surface area (Å²) < 4.78 is 5.21. The Kier molecular flexibility index (Phi) is 2.80. The number of aromatic nitrogens is 4. The molecule has 0 aliphatic heterocycles. The molecule has 2 fully saturated rings. The second kappa shape index (κ2) is 4.68. The molecule has 0 saturated heterocycles. The Morgan fingerprint density at radius 1 is 1.43 bits per heavy atom. The average molecular weight is 287 g/mol. The zero-order valence-corrected chi connectivity index (χ0v) is 11.6. The summed E-state index contributed by atoms with van der Waals surface area (Å²) in [6.07, 6.45) is 5.73. The smallest absolute Gasteiger partial charge is 0.223 e. The number of carbonyl (C=O) groups excluding carboxylic acids is 1. The lowest BCUT2D eigenvalue weighted by atomic mass is 9.48. The Hall–Kier alpha value is -2.18. The fourth-order valence-corrected chi connectivity index (χ4v) is 3.75. The fourth-order valence-electron chi connectivity index (χ4n) is 3.75. The average Bonchev–Trinajstić information content (AvgIpc) is 3.06. The lowest BCUT2D eigenvalue weighted by Crippen LogP contribution is -2.51. The molecule has 2 N–H and O–H groups in total. The molecule has 2 aromatic heterocycles. The first-order valence-corrected chi connectivity index (χ1v) is 7.28. The molecular weight excluding hydrogens is 270 g/mol. The minimum Gasteiger partial charge on any atom is -0.467 e. The van der Waals surface area contributed by atoms with Crippen LogP contribution in [0, 0.1) is 11.3 Å². The zero-order valence-electron chi connectivity index (χ0n) is 11.6. The highest BCUT2D eigenvalue weighted by Gasteiger charge is 2.55. The van der Waals surface area contributed by atoms with E-state index in [4.69, 9.17) is 4.42 Å². The first kappa shape index (κ1) is 12.6. The maximum absolute atomic E-state index is 12.1. The van der Waals surface area contributed by atoms with Gasteiger partial charge in [0.05, 0.1) is 12.8 Å². The van der Waals surface area contributed by atoms with Gasteiger partial charge in [-0.25, -0.2) is 0 Å². The number of hydrogen-bond donors (Lipinski definition) is 2. The molecule has 0 bridgehead atoms. The fraction of sp³-hybridized carbons (Fsp3) is 0.571. The summed E-state index contributed by atoms with van der Waals surface area (Å²) in [7, 11) is 0. The first-order valence-electron chi connectivity index (χ1n) is 7.28. The number of rotatable bonds is 4. The largest absolute Gasteiger partial charge is 0.467 e. The lowest BCUT2D eigenvalue weighted by molar-refractivity contribution is -0.138. The van der Waals surface area contributed by atoms with Crippen LogP contribution in [-0.2, 0) is 11.3 Å². The third kappa shape index (κ3) is 2.22. The standard InChI is InChI=1S/C14H17N5O2/c20-13(15-8-11-2-1-3-21-11)10-6-14(7-10)4-9(5-14)12-16-18-19-17-12/h1-3,9-10H,4-8H2,(H,15,20)(H,16,17,18,19). The summed E-state index contributed by atoms with van der Waals surface area (Å²) in [4.78, 5) is 12.1. The monoisotopic (exact) mass is 287 g/mol. The van der Waals surface area contributed by atoms with Crippen LogP contribution in [0.15, 0.2) is 22.8 Å². The molecule has 2 aliphatic rings. The number of nitrogens with one attached hydrogen (secondary N) is 2. The molecule has 2 heterocycles. The van der Waals surface area contributed by atoms with Crippen molar-refractivity contribution in [2.45, 2.75) is 38.1 Å². The van der Waals surface area contributed by atoms with Gasteiger partial charge in [-0.15, -0.1) is 10.2 Å². The molecule has 7 heteroatoms. The second-order valence-electron chi connectivity index (χ2n) is 6.28. The van der Waals surface area contributed by atoms with Crippen molar-refractivity contribution >= 4 is 5.91 Å². The molecule has 0 atom stereocenters. The number of tetrazole rings is 1. The molecule has 0 aromatic carbocycles. The van der Waals surface area contributed by atoms with Crippen LogP contribution in [0.4, 0.5) is 0 Å². The van der Waals surface area contributed by atoms with Crippen molar-refractivity contribution < 1.29 is 9.21 Å². The van der Waals surface area contributed by atoms with Gasteiger partial charge in [0, 0.05) is 11.8 Å². The molecule has 1 spiro atoms. The van der Waals surface area contributed by atoms with Gasteiger partial charge in [0.2, 0.25) is 5.91 Å². The zero-order chi connectivity index (χ0) is 14.3. The van der Waals surface area contributed by atoms with E-state index in [-0.39, 0.29) is 11.8 Å². The summed E-state index contributed by atoms with van der Waals surface area (Å²) in [5.74, 6) is 2.30. The summed E-state index contributed by atoms with van der Waals surface area (Å²) >= 11 is 0. The Bertz CT molecular complexity index is 608. The van der Waals surface area contributed by atoms with Gasteiger partial charge in [0.15, 0.2) is 5.82 Å². The van der Waals surface area contributed by atoms with Crippen LogP contribution in [0.1, 0.15) is 43.2 Å². The van der Waals surface area contributed by atoms with Crippen LogP contribution in [-0.4, -0.2) is 26.5 Å². The summed E-state index contributed by atoms with van der Waals surface area (Å²) in [5.41, 5.74) is 0.345. The lowest BCUT2D eigenvalue weighted by Gasteiger charge is -2.56. The van der Waals surface area contributed by atoms with Crippen LogP contribution < -0.4 is 5.32 Å². The number of carbonyl (C=O) groups is 1. The van der Waals surface area contributed by atoms with E-state index in [0.717, 1.165) is 37.3 Å². The molecular formula is C14H17N5O2. The summed E-state index contributed by atoms with van der Waals surface area (Å²) in [6, 6.07) is 3.69. The second-order valence-corrected chi connectivity index (χ2v) is 6.28. The minimum atomic E-state index is 0.139. The van der Waals surface area contributed by atoms with Crippen molar-refractivity contribution in [1.82, 2.24) is 25.9 Å². The quantitative estimate of drug-likeness (QED) is 0.885. The van der Waals surface area contributed by atoms with Gasteiger partial charge in [-0.1, -0.05) is 5.21 Å². The molecule has 1 amide bonds. The van der Waals surface area contributed by atoms with Crippen LogP contribution in [0.2, 0.25) is 0 Å². The number of hydrogen-bond acceptors (Lipinski definition) is 5. The third-order valence-electron chi connectivity index (χ3n) is 4.83.